The minimum absolute atomic E-state index is 0.144. The highest BCUT2D eigenvalue weighted by atomic mass is 16.2. The van der Waals surface area contributed by atoms with Crippen LogP contribution in [0.25, 0.3) is 5.52 Å². The fraction of sp³-hybridized carbons (Fsp3) is 0.429. The third-order valence-electron chi connectivity index (χ3n) is 3.73. The van der Waals surface area contributed by atoms with Gasteiger partial charge in [0.05, 0.1) is 18.0 Å². The minimum Gasteiger partial charge on any atom is -0.339 e. The number of hydrogen-bond acceptors (Lipinski definition) is 2. The first-order valence-corrected chi connectivity index (χ1v) is 6.45. The van der Waals surface area contributed by atoms with Gasteiger partial charge >= 0.3 is 0 Å². The van der Waals surface area contributed by atoms with Crippen molar-refractivity contribution in [2.45, 2.75) is 19.8 Å². The van der Waals surface area contributed by atoms with Gasteiger partial charge in [-0.1, -0.05) is 6.92 Å². The van der Waals surface area contributed by atoms with E-state index < -0.39 is 0 Å². The summed E-state index contributed by atoms with van der Waals surface area (Å²) in [6.45, 7) is 4.01. The van der Waals surface area contributed by atoms with E-state index in [1.165, 1.54) is 0 Å². The standard InChI is InChI=1S/C14H17N3O/c1-11-2-5-16(6-3-11)14(18)12-4-7-17-10-15-9-13(17)8-12/h4,7-11H,2-3,5-6H2,1H3. The molecule has 0 bridgehead atoms. The van der Waals surface area contributed by atoms with Gasteiger partial charge in [0, 0.05) is 24.8 Å². The van der Waals surface area contributed by atoms with Crippen LogP contribution in [0.2, 0.25) is 0 Å². The van der Waals surface area contributed by atoms with Gasteiger partial charge in [-0.2, -0.15) is 0 Å². The van der Waals surface area contributed by atoms with Gasteiger partial charge in [-0.15, -0.1) is 0 Å². The molecule has 1 aliphatic rings. The Labute approximate surface area is 106 Å². The molecular weight excluding hydrogens is 226 g/mol. The first-order valence-electron chi connectivity index (χ1n) is 6.45. The van der Waals surface area contributed by atoms with Crippen molar-refractivity contribution < 1.29 is 4.79 Å². The molecule has 0 unspecified atom stereocenters. The number of carbonyl (C=O) groups is 1. The summed E-state index contributed by atoms with van der Waals surface area (Å²) in [5.74, 6) is 0.886. The lowest BCUT2D eigenvalue weighted by molar-refractivity contribution is 0.0697. The number of pyridine rings is 1. The smallest absolute Gasteiger partial charge is 0.253 e. The van der Waals surface area contributed by atoms with E-state index >= 15 is 0 Å². The van der Waals surface area contributed by atoms with E-state index in [1.54, 1.807) is 12.5 Å². The van der Waals surface area contributed by atoms with Gasteiger partial charge in [0.15, 0.2) is 0 Å². The zero-order valence-electron chi connectivity index (χ0n) is 10.5. The van der Waals surface area contributed by atoms with Crippen LogP contribution in [0.1, 0.15) is 30.1 Å². The molecule has 3 rings (SSSR count). The molecule has 2 aromatic heterocycles. The van der Waals surface area contributed by atoms with Crippen molar-refractivity contribution in [3.8, 4) is 0 Å². The van der Waals surface area contributed by atoms with Crippen molar-refractivity contribution in [2.75, 3.05) is 13.1 Å². The zero-order chi connectivity index (χ0) is 12.5. The molecule has 18 heavy (non-hydrogen) atoms. The maximum atomic E-state index is 12.4. The molecule has 0 N–H and O–H groups in total. The maximum Gasteiger partial charge on any atom is 0.253 e. The normalized spacial score (nSPS) is 17.3. The van der Waals surface area contributed by atoms with Crippen LogP contribution < -0.4 is 0 Å². The number of nitrogens with zero attached hydrogens (tertiary/aromatic N) is 3. The van der Waals surface area contributed by atoms with Crippen molar-refractivity contribution in [3.63, 3.8) is 0 Å². The van der Waals surface area contributed by atoms with Crippen LogP contribution in [0.4, 0.5) is 0 Å². The number of amides is 1. The Morgan fingerprint density at radius 1 is 1.39 bits per heavy atom. The monoisotopic (exact) mass is 243 g/mol. The molecule has 0 spiro atoms. The summed E-state index contributed by atoms with van der Waals surface area (Å²) in [5, 5.41) is 0. The van der Waals surface area contributed by atoms with E-state index in [1.807, 2.05) is 27.6 Å². The molecule has 1 aliphatic heterocycles. The molecular formula is C14H17N3O. The van der Waals surface area contributed by atoms with Crippen molar-refractivity contribution in [3.05, 3.63) is 36.4 Å². The maximum absolute atomic E-state index is 12.4. The second-order valence-corrected chi connectivity index (χ2v) is 5.12. The molecule has 0 radical (unpaired) electrons. The average Bonchev–Trinajstić information content (AvgIpc) is 2.86. The Balaban J connectivity index is 1.82. The summed E-state index contributed by atoms with van der Waals surface area (Å²) in [5.41, 5.74) is 1.73. The van der Waals surface area contributed by atoms with Crippen LogP contribution in [-0.2, 0) is 0 Å². The van der Waals surface area contributed by atoms with Crippen molar-refractivity contribution in [1.82, 2.24) is 14.3 Å². The summed E-state index contributed by atoms with van der Waals surface area (Å²) in [6.07, 6.45) is 7.63. The fourth-order valence-corrected chi connectivity index (χ4v) is 2.45. The quantitative estimate of drug-likeness (QED) is 0.770. The summed E-state index contributed by atoms with van der Waals surface area (Å²) in [7, 11) is 0. The molecule has 2 aromatic rings. The third kappa shape index (κ3) is 1.98. The molecule has 1 fully saturated rings. The molecule has 0 aliphatic carbocycles. The van der Waals surface area contributed by atoms with Crippen LogP contribution >= 0.6 is 0 Å². The highest BCUT2D eigenvalue weighted by Crippen LogP contribution is 2.18. The van der Waals surface area contributed by atoms with E-state index in [0.29, 0.717) is 0 Å². The number of hydrogen-bond donors (Lipinski definition) is 0. The molecule has 0 aromatic carbocycles. The van der Waals surface area contributed by atoms with E-state index in [-0.39, 0.29) is 5.91 Å². The molecule has 4 nitrogen and oxygen atoms in total. The molecule has 94 valence electrons. The number of likely N-dealkylation sites (tertiary alicyclic amines) is 1. The predicted octanol–water partition coefficient (Wildman–Crippen LogP) is 2.21. The van der Waals surface area contributed by atoms with Gasteiger partial charge in [-0.05, 0) is 30.9 Å². The van der Waals surface area contributed by atoms with Crippen LogP contribution in [0, 0.1) is 5.92 Å². The summed E-state index contributed by atoms with van der Waals surface area (Å²) in [4.78, 5) is 18.4. The van der Waals surface area contributed by atoms with Gasteiger partial charge in [0.25, 0.3) is 5.91 Å². The number of imidazole rings is 1. The molecule has 4 heteroatoms. The lowest BCUT2D eigenvalue weighted by Crippen LogP contribution is -2.37. The highest BCUT2D eigenvalue weighted by Gasteiger charge is 2.21. The molecule has 0 atom stereocenters. The van der Waals surface area contributed by atoms with E-state index in [2.05, 4.69) is 11.9 Å². The predicted molar refractivity (Wildman–Crippen MR) is 69.5 cm³/mol. The third-order valence-corrected chi connectivity index (χ3v) is 3.73. The number of aromatic nitrogens is 2. The Hall–Kier alpha value is -1.84. The molecule has 3 heterocycles. The van der Waals surface area contributed by atoms with Crippen molar-refractivity contribution in [1.29, 1.82) is 0 Å². The second kappa shape index (κ2) is 4.44. The molecule has 1 saturated heterocycles. The molecule has 1 amide bonds. The van der Waals surface area contributed by atoms with E-state index in [0.717, 1.165) is 42.9 Å². The van der Waals surface area contributed by atoms with Crippen LogP contribution in [0.15, 0.2) is 30.9 Å². The topological polar surface area (TPSA) is 37.6 Å². The van der Waals surface area contributed by atoms with Crippen molar-refractivity contribution >= 4 is 11.4 Å². The second-order valence-electron chi connectivity index (χ2n) is 5.12. The fourth-order valence-electron chi connectivity index (χ4n) is 2.45. The lowest BCUT2D eigenvalue weighted by atomic mass is 9.99. The van der Waals surface area contributed by atoms with Crippen molar-refractivity contribution in [2.24, 2.45) is 5.92 Å². The van der Waals surface area contributed by atoms with Crippen LogP contribution in [-0.4, -0.2) is 33.3 Å². The average molecular weight is 243 g/mol. The number of fused-ring (bicyclic) bond motifs is 1. The summed E-state index contributed by atoms with van der Waals surface area (Å²) < 4.78 is 1.91. The first-order chi connectivity index (χ1) is 8.74. The Kier molecular flexibility index (Phi) is 2.78. The lowest BCUT2D eigenvalue weighted by Gasteiger charge is -2.30. The number of rotatable bonds is 1. The Morgan fingerprint density at radius 2 is 2.17 bits per heavy atom. The Morgan fingerprint density at radius 3 is 2.94 bits per heavy atom. The van der Waals surface area contributed by atoms with Crippen LogP contribution in [0.5, 0.6) is 0 Å². The molecule has 0 saturated carbocycles. The summed E-state index contributed by atoms with van der Waals surface area (Å²) in [6, 6.07) is 3.78. The zero-order valence-corrected chi connectivity index (χ0v) is 10.5. The first kappa shape index (κ1) is 11.3. The van der Waals surface area contributed by atoms with Gasteiger partial charge in [-0.25, -0.2) is 4.98 Å². The number of carbonyl (C=O) groups excluding carboxylic acids is 1. The van der Waals surface area contributed by atoms with Gasteiger partial charge in [-0.3, -0.25) is 4.79 Å². The van der Waals surface area contributed by atoms with E-state index in [9.17, 15) is 4.79 Å². The SMILES string of the molecule is CC1CCN(C(=O)c2ccn3cncc3c2)CC1. The van der Waals surface area contributed by atoms with E-state index in [4.69, 9.17) is 0 Å². The largest absolute Gasteiger partial charge is 0.339 e. The van der Waals surface area contributed by atoms with Gasteiger partial charge in [0.2, 0.25) is 0 Å². The van der Waals surface area contributed by atoms with Gasteiger partial charge in [0.1, 0.15) is 0 Å². The van der Waals surface area contributed by atoms with Gasteiger partial charge < -0.3 is 9.30 Å². The minimum atomic E-state index is 0.144. The van der Waals surface area contributed by atoms with Crippen LogP contribution in [0.3, 0.4) is 0 Å². The number of piperidine rings is 1. The summed E-state index contributed by atoms with van der Waals surface area (Å²) >= 11 is 0. The highest BCUT2D eigenvalue weighted by molar-refractivity contribution is 5.95. The Bertz CT molecular complexity index is 567.